The van der Waals surface area contributed by atoms with Crippen molar-refractivity contribution in [3.8, 4) is 5.75 Å². The van der Waals surface area contributed by atoms with E-state index in [0.29, 0.717) is 13.2 Å². The van der Waals surface area contributed by atoms with Crippen molar-refractivity contribution < 1.29 is 4.74 Å². The van der Waals surface area contributed by atoms with Crippen molar-refractivity contribution in [1.82, 2.24) is 9.78 Å². The maximum absolute atomic E-state index is 11.5. The summed E-state index contributed by atoms with van der Waals surface area (Å²) in [4.78, 5) is 11.5. The summed E-state index contributed by atoms with van der Waals surface area (Å²) in [7, 11) is 0. The molecule has 16 heavy (non-hydrogen) atoms. The van der Waals surface area contributed by atoms with E-state index in [2.05, 4.69) is 5.10 Å². The first-order valence-corrected chi connectivity index (χ1v) is 5.20. The van der Waals surface area contributed by atoms with E-state index in [1.165, 1.54) is 4.68 Å². The van der Waals surface area contributed by atoms with Crippen LogP contribution in [0.1, 0.15) is 5.56 Å². The van der Waals surface area contributed by atoms with Crippen LogP contribution in [0.25, 0.3) is 0 Å². The summed E-state index contributed by atoms with van der Waals surface area (Å²) < 4.78 is 7.03. The van der Waals surface area contributed by atoms with Crippen LogP contribution in [0.15, 0.2) is 41.3 Å². The second-order valence-electron chi connectivity index (χ2n) is 3.57. The molecular formula is C12H14N2O2. The summed E-state index contributed by atoms with van der Waals surface area (Å²) in [5.74, 6) is 0.818. The summed E-state index contributed by atoms with van der Waals surface area (Å²) >= 11 is 0. The Morgan fingerprint density at radius 2 is 2.06 bits per heavy atom. The molecule has 0 aliphatic carbocycles. The highest BCUT2D eigenvalue weighted by atomic mass is 16.5. The van der Waals surface area contributed by atoms with Crippen LogP contribution >= 0.6 is 0 Å². The standard InChI is InChI=1S/C12H14N2O2/c1-10-9-13-14(12(10)15)7-8-16-11-5-3-2-4-6-11/h2-6,9,13H,7-8H2,1H3. The number of aryl methyl sites for hydroxylation is 1. The Morgan fingerprint density at radius 3 is 2.69 bits per heavy atom. The molecule has 2 aromatic rings. The van der Waals surface area contributed by atoms with Crippen LogP contribution in [0.2, 0.25) is 0 Å². The van der Waals surface area contributed by atoms with Crippen molar-refractivity contribution in [3.63, 3.8) is 0 Å². The molecule has 0 saturated carbocycles. The molecule has 0 saturated heterocycles. The minimum atomic E-state index is 0.0108. The zero-order valence-corrected chi connectivity index (χ0v) is 9.14. The Labute approximate surface area is 93.5 Å². The molecule has 1 aromatic heterocycles. The minimum Gasteiger partial charge on any atom is -0.492 e. The summed E-state index contributed by atoms with van der Waals surface area (Å²) in [5, 5.41) is 2.88. The molecule has 1 aromatic carbocycles. The number of hydrogen-bond donors (Lipinski definition) is 1. The van der Waals surface area contributed by atoms with Crippen molar-refractivity contribution in [1.29, 1.82) is 0 Å². The number of ether oxygens (including phenoxy) is 1. The maximum atomic E-state index is 11.5. The first kappa shape index (κ1) is 10.5. The molecule has 0 amide bonds. The lowest BCUT2D eigenvalue weighted by atomic mass is 10.3. The van der Waals surface area contributed by atoms with Crippen LogP contribution in [-0.4, -0.2) is 16.4 Å². The van der Waals surface area contributed by atoms with Gasteiger partial charge in [0.05, 0.1) is 6.54 Å². The van der Waals surface area contributed by atoms with Crippen molar-refractivity contribution in [3.05, 3.63) is 52.4 Å². The van der Waals surface area contributed by atoms with E-state index in [1.807, 2.05) is 30.3 Å². The third-order valence-electron chi connectivity index (χ3n) is 2.35. The van der Waals surface area contributed by atoms with Gasteiger partial charge in [0.15, 0.2) is 0 Å². The summed E-state index contributed by atoms with van der Waals surface area (Å²) in [6.07, 6.45) is 1.70. The van der Waals surface area contributed by atoms with E-state index in [1.54, 1.807) is 13.1 Å². The molecule has 84 valence electrons. The topological polar surface area (TPSA) is 47.0 Å². The molecule has 4 heteroatoms. The fourth-order valence-corrected chi connectivity index (χ4v) is 1.45. The van der Waals surface area contributed by atoms with Crippen LogP contribution in [0.3, 0.4) is 0 Å². The predicted octanol–water partition coefficient (Wildman–Crippen LogP) is 1.56. The van der Waals surface area contributed by atoms with Crippen LogP contribution < -0.4 is 10.3 Å². The Kier molecular flexibility index (Phi) is 3.10. The SMILES string of the molecule is Cc1c[nH]n(CCOc2ccccc2)c1=O. The normalized spacial score (nSPS) is 10.3. The van der Waals surface area contributed by atoms with E-state index in [4.69, 9.17) is 4.74 Å². The van der Waals surface area contributed by atoms with Gasteiger partial charge in [-0.05, 0) is 19.1 Å². The minimum absolute atomic E-state index is 0.0108. The molecule has 0 spiro atoms. The van der Waals surface area contributed by atoms with Gasteiger partial charge >= 0.3 is 0 Å². The highest BCUT2D eigenvalue weighted by molar-refractivity contribution is 5.20. The highest BCUT2D eigenvalue weighted by Gasteiger charge is 2.00. The second-order valence-corrected chi connectivity index (χ2v) is 3.57. The quantitative estimate of drug-likeness (QED) is 0.846. The van der Waals surface area contributed by atoms with Gasteiger partial charge in [-0.2, -0.15) is 0 Å². The average Bonchev–Trinajstić information content (AvgIpc) is 2.62. The number of hydrogen-bond acceptors (Lipinski definition) is 2. The smallest absolute Gasteiger partial charge is 0.269 e. The van der Waals surface area contributed by atoms with Gasteiger partial charge in [0, 0.05) is 11.8 Å². The number of nitrogens with one attached hydrogen (secondary N) is 1. The Balaban J connectivity index is 1.90. The molecule has 4 nitrogen and oxygen atoms in total. The summed E-state index contributed by atoms with van der Waals surface area (Å²) in [6.45, 7) is 2.79. The molecule has 0 unspecified atom stereocenters. The molecule has 0 aliphatic heterocycles. The molecule has 0 atom stereocenters. The molecule has 1 heterocycles. The summed E-state index contributed by atoms with van der Waals surface area (Å²) in [5.41, 5.74) is 0.733. The third-order valence-corrected chi connectivity index (χ3v) is 2.35. The fourth-order valence-electron chi connectivity index (χ4n) is 1.45. The Hall–Kier alpha value is -1.97. The number of benzene rings is 1. The van der Waals surface area contributed by atoms with Crippen LogP contribution in [0.5, 0.6) is 5.75 Å². The zero-order valence-electron chi connectivity index (χ0n) is 9.14. The average molecular weight is 218 g/mol. The van der Waals surface area contributed by atoms with Gasteiger partial charge in [0.2, 0.25) is 0 Å². The number of rotatable bonds is 4. The van der Waals surface area contributed by atoms with Gasteiger partial charge in [-0.3, -0.25) is 4.79 Å². The van der Waals surface area contributed by atoms with Crippen molar-refractivity contribution >= 4 is 0 Å². The molecule has 1 N–H and O–H groups in total. The predicted molar refractivity (Wildman–Crippen MR) is 61.7 cm³/mol. The van der Waals surface area contributed by atoms with E-state index >= 15 is 0 Å². The van der Waals surface area contributed by atoms with Gasteiger partial charge in [-0.1, -0.05) is 18.2 Å². The maximum Gasteiger partial charge on any atom is 0.269 e. The van der Waals surface area contributed by atoms with Gasteiger partial charge in [0.1, 0.15) is 12.4 Å². The summed E-state index contributed by atoms with van der Waals surface area (Å²) in [6, 6.07) is 9.55. The fraction of sp³-hybridized carbons (Fsp3) is 0.250. The van der Waals surface area contributed by atoms with Crippen LogP contribution in [-0.2, 0) is 6.54 Å². The lowest BCUT2D eigenvalue weighted by Crippen LogP contribution is -2.21. The number of nitrogens with zero attached hydrogens (tertiary/aromatic N) is 1. The molecule has 0 fully saturated rings. The zero-order chi connectivity index (χ0) is 11.4. The highest BCUT2D eigenvalue weighted by Crippen LogP contribution is 2.07. The van der Waals surface area contributed by atoms with Gasteiger partial charge in [-0.25, -0.2) is 4.68 Å². The second kappa shape index (κ2) is 4.70. The third kappa shape index (κ3) is 2.34. The Morgan fingerprint density at radius 1 is 1.31 bits per heavy atom. The number of aromatic nitrogens is 2. The monoisotopic (exact) mass is 218 g/mol. The first-order chi connectivity index (χ1) is 7.77. The number of para-hydroxylation sites is 1. The van der Waals surface area contributed by atoms with Crippen LogP contribution in [0.4, 0.5) is 0 Å². The largest absolute Gasteiger partial charge is 0.492 e. The van der Waals surface area contributed by atoms with Gasteiger partial charge in [0.25, 0.3) is 5.56 Å². The number of aromatic amines is 1. The van der Waals surface area contributed by atoms with E-state index in [-0.39, 0.29) is 5.56 Å². The lowest BCUT2D eigenvalue weighted by molar-refractivity contribution is 0.289. The van der Waals surface area contributed by atoms with Crippen molar-refractivity contribution in [2.75, 3.05) is 6.61 Å². The van der Waals surface area contributed by atoms with E-state index < -0.39 is 0 Å². The molecule has 0 bridgehead atoms. The van der Waals surface area contributed by atoms with E-state index in [9.17, 15) is 4.79 Å². The molecule has 2 rings (SSSR count). The molecule has 0 aliphatic rings. The van der Waals surface area contributed by atoms with E-state index in [0.717, 1.165) is 11.3 Å². The molecular weight excluding hydrogens is 204 g/mol. The first-order valence-electron chi connectivity index (χ1n) is 5.20. The molecule has 0 radical (unpaired) electrons. The number of H-pyrrole nitrogens is 1. The van der Waals surface area contributed by atoms with Crippen molar-refractivity contribution in [2.24, 2.45) is 0 Å². The Bertz CT molecular complexity index is 499. The lowest BCUT2D eigenvalue weighted by Gasteiger charge is -2.05. The van der Waals surface area contributed by atoms with Crippen LogP contribution in [0, 0.1) is 6.92 Å². The van der Waals surface area contributed by atoms with Gasteiger partial charge < -0.3 is 9.84 Å². The van der Waals surface area contributed by atoms with Gasteiger partial charge in [-0.15, -0.1) is 0 Å². The van der Waals surface area contributed by atoms with Crippen molar-refractivity contribution in [2.45, 2.75) is 13.5 Å².